The molecule has 3 aromatic rings. The van der Waals surface area contributed by atoms with E-state index in [1.54, 1.807) is 29.5 Å². The van der Waals surface area contributed by atoms with E-state index in [4.69, 9.17) is 4.74 Å². The van der Waals surface area contributed by atoms with E-state index in [9.17, 15) is 4.79 Å². The van der Waals surface area contributed by atoms with Crippen molar-refractivity contribution in [2.75, 3.05) is 12.4 Å². The highest BCUT2D eigenvalue weighted by molar-refractivity contribution is 7.15. The highest BCUT2D eigenvalue weighted by Gasteiger charge is 2.13. The molecule has 5 nitrogen and oxygen atoms in total. The average molecular weight is 313 g/mol. The molecule has 0 saturated heterocycles. The van der Waals surface area contributed by atoms with Crippen molar-refractivity contribution in [1.29, 1.82) is 0 Å². The van der Waals surface area contributed by atoms with Gasteiger partial charge in [0, 0.05) is 10.9 Å². The van der Waals surface area contributed by atoms with E-state index in [0.29, 0.717) is 17.1 Å². The Kier molecular flexibility index (Phi) is 3.93. The predicted molar refractivity (Wildman–Crippen MR) is 87.6 cm³/mol. The fraction of sp³-hybridized carbons (Fsp3) is 0.125. The Morgan fingerprint density at radius 1 is 1.27 bits per heavy atom. The number of aryl methyl sites for hydroxylation is 1. The molecule has 0 unspecified atom stereocenters. The van der Waals surface area contributed by atoms with Crippen LogP contribution >= 0.6 is 11.3 Å². The van der Waals surface area contributed by atoms with Crippen molar-refractivity contribution < 1.29 is 9.53 Å². The van der Waals surface area contributed by atoms with Crippen molar-refractivity contribution in [3.63, 3.8) is 0 Å². The second-order valence-corrected chi connectivity index (χ2v) is 6.02. The molecule has 2 aromatic heterocycles. The fourth-order valence-corrected chi connectivity index (χ4v) is 2.94. The van der Waals surface area contributed by atoms with E-state index < -0.39 is 0 Å². The lowest BCUT2D eigenvalue weighted by atomic mass is 10.2. The summed E-state index contributed by atoms with van der Waals surface area (Å²) in [5, 5.41) is 9.84. The summed E-state index contributed by atoms with van der Waals surface area (Å²) in [4.78, 5) is 14.6. The van der Waals surface area contributed by atoms with Gasteiger partial charge in [0.2, 0.25) is 0 Å². The third kappa shape index (κ3) is 2.87. The summed E-state index contributed by atoms with van der Waals surface area (Å²) in [6.45, 7) is 2.05. The number of hydrogen-bond acceptors (Lipinski definition) is 4. The van der Waals surface area contributed by atoms with Crippen LogP contribution in [-0.4, -0.2) is 23.2 Å². The maximum Gasteiger partial charge on any atom is 0.260 e. The Morgan fingerprint density at radius 2 is 2.09 bits per heavy atom. The highest BCUT2D eigenvalue weighted by Crippen LogP contribution is 2.27. The Bertz CT molecular complexity index is 807. The lowest BCUT2D eigenvalue weighted by Crippen LogP contribution is -2.13. The summed E-state index contributed by atoms with van der Waals surface area (Å²) in [6, 6.07) is 13.0. The van der Waals surface area contributed by atoms with Gasteiger partial charge in [0.1, 0.15) is 5.75 Å². The number of H-pyrrole nitrogens is 1. The van der Waals surface area contributed by atoms with Crippen LogP contribution in [0, 0.1) is 6.92 Å². The third-order valence-corrected chi connectivity index (χ3v) is 4.21. The number of amides is 1. The van der Waals surface area contributed by atoms with E-state index in [1.807, 2.05) is 24.3 Å². The monoisotopic (exact) mass is 313 g/mol. The first-order chi connectivity index (χ1) is 10.7. The minimum Gasteiger partial charge on any atom is -0.496 e. The molecule has 3 rings (SSSR count). The standard InChI is InChI=1S/C16H15N3O2S/c1-10-7-8-14(22-10)12-9-15(19-18-12)17-16(20)11-5-3-4-6-13(11)21-2/h3-9H,1-2H3,(H2,17,18,19,20). The van der Waals surface area contributed by atoms with E-state index in [0.717, 1.165) is 10.6 Å². The molecule has 22 heavy (non-hydrogen) atoms. The van der Waals surface area contributed by atoms with Crippen molar-refractivity contribution in [3.8, 4) is 16.3 Å². The van der Waals surface area contributed by atoms with E-state index >= 15 is 0 Å². The Balaban J connectivity index is 1.79. The maximum absolute atomic E-state index is 12.3. The van der Waals surface area contributed by atoms with Crippen LogP contribution in [0.1, 0.15) is 15.2 Å². The van der Waals surface area contributed by atoms with Gasteiger partial charge >= 0.3 is 0 Å². The van der Waals surface area contributed by atoms with Gasteiger partial charge in [-0.1, -0.05) is 12.1 Å². The second kappa shape index (κ2) is 6.03. The molecule has 1 amide bonds. The maximum atomic E-state index is 12.3. The Hall–Kier alpha value is -2.60. The number of thiophene rings is 1. The number of methoxy groups -OCH3 is 1. The van der Waals surface area contributed by atoms with Crippen molar-refractivity contribution in [2.24, 2.45) is 0 Å². The van der Waals surface area contributed by atoms with Gasteiger partial charge < -0.3 is 10.1 Å². The Labute approximate surface area is 132 Å². The third-order valence-electron chi connectivity index (χ3n) is 3.18. The molecule has 0 bridgehead atoms. The van der Waals surface area contributed by atoms with Gasteiger partial charge in [0.25, 0.3) is 5.91 Å². The van der Waals surface area contributed by atoms with Gasteiger partial charge in [-0.15, -0.1) is 11.3 Å². The first kappa shape index (κ1) is 14.3. The number of aromatic amines is 1. The first-order valence-corrected chi connectivity index (χ1v) is 7.55. The van der Waals surface area contributed by atoms with E-state index in [2.05, 4.69) is 22.4 Å². The average Bonchev–Trinajstić information content (AvgIpc) is 3.16. The van der Waals surface area contributed by atoms with Crippen LogP contribution in [0.15, 0.2) is 42.5 Å². The van der Waals surface area contributed by atoms with Gasteiger partial charge in [0.05, 0.1) is 23.2 Å². The largest absolute Gasteiger partial charge is 0.496 e. The number of rotatable bonds is 4. The highest BCUT2D eigenvalue weighted by atomic mass is 32.1. The lowest BCUT2D eigenvalue weighted by molar-refractivity contribution is 0.102. The minimum atomic E-state index is -0.252. The van der Waals surface area contributed by atoms with Gasteiger partial charge in [0.15, 0.2) is 5.82 Å². The second-order valence-electron chi connectivity index (χ2n) is 4.73. The van der Waals surface area contributed by atoms with Crippen LogP contribution in [0.5, 0.6) is 5.75 Å². The fourth-order valence-electron chi connectivity index (χ4n) is 2.11. The minimum absolute atomic E-state index is 0.252. The number of carbonyl (C=O) groups excluding carboxylic acids is 1. The van der Waals surface area contributed by atoms with Crippen LogP contribution in [-0.2, 0) is 0 Å². The molecule has 1 aromatic carbocycles. The number of benzene rings is 1. The number of nitrogens with zero attached hydrogens (tertiary/aromatic N) is 1. The summed E-state index contributed by atoms with van der Waals surface area (Å²) in [6.07, 6.45) is 0. The van der Waals surface area contributed by atoms with Crippen LogP contribution in [0.2, 0.25) is 0 Å². The zero-order chi connectivity index (χ0) is 15.5. The number of hydrogen-bond donors (Lipinski definition) is 2. The molecular formula is C16H15N3O2S. The number of carbonyl (C=O) groups is 1. The van der Waals surface area contributed by atoms with Gasteiger partial charge in [-0.25, -0.2) is 0 Å². The normalized spacial score (nSPS) is 10.5. The molecule has 0 radical (unpaired) electrons. The summed E-state index contributed by atoms with van der Waals surface area (Å²) < 4.78 is 5.19. The zero-order valence-corrected chi connectivity index (χ0v) is 13.0. The zero-order valence-electron chi connectivity index (χ0n) is 12.2. The number of ether oxygens (including phenoxy) is 1. The van der Waals surface area contributed by atoms with Gasteiger partial charge in [-0.05, 0) is 31.2 Å². The number of para-hydroxylation sites is 1. The van der Waals surface area contributed by atoms with Crippen LogP contribution < -0.4 is 10.1 Å². The van der Waals surface area contributed by atoms with Crippen LogP contribution in [0.3, 0.4) is 0 Å². The number of aromatic nitrogens is 2. The molecule has 2 heterocycles. The van der Waals surface area contributed by atoms with Crippen molar-refractivity contribution >= 4 is 23.1 Å². The molecular weight excluding hydrogens is 298 g/mol. The Morgan fingerprint density at radius 3 is 2.82 bits per heavy atom. The summed E-state index contributed by atoms with van der Waals surface area (Å²) >= 11 is 1.67. The number of nitrogens with one attached hydrogen (secondary N) is 2. The molecule has 112 valence electrons. The first-order valence-electron chi connectivity index (χ1n) is 6.74. The van der Waals surface area contributed by atoms with Crippen molar-refractivity contribution in [1.82, 2.24) is 10.2 Å². The van der Waals surface area contributed by atoms with Crippen LogP contribution in [0.4, 0.5) is 5.82 Å². The van der Waals surface area contributed by atoms with E-state index in [1.165, 1.54) is 12.0 Å². The van der Waals surface area contributed by atoms with Crippen molar-refractivity contribution in [2.45, 2.75) is 6.92 Å². The quantitative estimate of drug-likeness (QED) is 0.771. The van der Waals surface area contributed by atoms with E-state index in [-0.39, 0.29) is 5.91 Å². The molecule has 0 atom stereocenters. The predicted octanol–water partition coefficient (Wildman–Crippen LogP) is 3.71. The van der Waals surface area contributed by atoms with Crippen LogP contribution in [0.25, 0.3) is 10.6 Å². The number of anilines is 1. The van der Waals surface area contributed by atoms with Gasteiger partial charge in [-0.3, -0.25) is 9.89 Å². The summed E-state index contributed by atoms with van der Waals surface area (Å²) in [5.74, 6) is 0.763. The molecule has 0 fully saturated rings. The molecule has 0 saturated carbocycles. The summed E-state index contributed by atoms with van der Waals surface area (Å²) in [5.41, 5.74) is 1.36. The molecule has 6 heteroatoms. The molecule has 0 aliphatic rings. The molecule has 0 aliphatic heterocycles. The topological polar surface area (TPSA) is 67.0 Å². The van der Waals surface area contributed by atoms with Gasteiger partial charge in [-0.2, -0.15) is 5.10 Å². The molecule has 2 N–H and O–H groups in total. The SMILES string of the molecule is COc1ccccc1C(=O)Nc1cc(-c2ccc(C)s2)[nH]n1. The molecule has 0 aliphatic carbocycles. The van der Waals surface area contributed by atoms with Crippen molar-refractivity contribution in [3.05, 3.63) is 52.9 Å². The smallest absolute Gasteiger partial charge is 0.260 e. The summed E-state index contributed by atoms with van der Waals surface area (Å²) in [7, 11) is 1.54. The lowest BCUT2D eigenvalue weighted by Gasteiger charge is -2.06. The molecule has 0 spiro atoms.